The van der Waals surface area contributed by atoms with Crippen LogP contribution in [0.1, 0.15) is 10.4 Å². The van der Waals surface area contributed by atoms with Crippen LogP contribution >= 0.6 is 27.9 Å². The van der Waals surface area contributed by atoms with Crippen LogP contribution in [0.25, 0.3) is 0 Å². The number of ketones is 1. The van der Waals surface area contributed by atoms with Crippen molar-refractivity contribution in [2.75, 3.05) is 11.8 Å². The number of benzene rings is 2. The second kappa shape index (κ2) is 9.11. The van der Waals surface area contributed by atoms with E-state index in [0.717, 1.165) is 30.3 Å². The van der Waals surface area contributed by atoms with Crippen LogP contribution in [0, 0.1) is 28.7 Å². The van der Waals surface area contributed by atoms with E-state index in [-0.39, 0.29) is 27.6 Å². The first-order valence-corrected chi connectivity index (χ1v) is 10.2. The van der Waals surface area contributed by atoms with E-state index in [4.69, 9.17) is 5.41 Å². The molecule has 0 aromatic heterocycles. The molecule has 0 spiro atoms. The number of carbonyl (C=O) groups is 1. The first-order chi connectivity index (χ1) is 14.6. The highest BCUT2D eigenvalue weighted by Gasteiger charge is 2.31. The topological polar surface area (TPSA) is 56.2 Å². The zero-order valence-corrected chi connectivity index (χ0v) is 18.3. The van der Waals surface area contributed by atoms with E-state index in [1.807, 2.05) is 0 Å². The molecule has 160 valence electrons. The summed E-state index contributed by atoms with van der Waals surface area (Å²) in [5.74, 6) is -4.75. The predicted molar refractivity (Wildman–Crippen MR) is 116 cm³/mol. The Bertz CT molecular complexity index is 1180. The molecule has 0 amide bonds. The number of anilines is 1. The molecule has 0 aliphatic carbocycles. The fraction of sp³-hybridized carbons (Fsp3) is 0.0476. The SMILES string of the molecule is C=C(Br)/C=C1\C(=N)N(C)C=C1C(=O)c1c(F)ccc(NSc2cc(F)ccc2F)c1F. The molecule has 1 aliphatic heterocycles. The summed E-state index contributed by atoms with van der Waals surface area (Å²) in [5.41, 5.74) is -1.09. The summed E-state index contributed by atoms with van der Waals surface area (Å²) in [4.78, 5) is 14.2. The minimum atomic E-state index is -1.20. The maximum Gasteiger partial charge on any atom is 0.201 e. The highest BCUT2D eigenvalue weighted by molar-refractivity contribution is 9.11. The number of likely N-dealkylation sites (N-methyl/N-ethyl adjacent to an activating group) is 1. The van der Waals surface area contributed by atoms with Gasteiger partial charge in [-0.1, -0.05) is 22.5 Å². The Balaban J connectivity index is 1.96. The predicted octanol–water partition coefficient (Wildman–Crippen LogP) is 6.19. The lowest BCUT2D eigenvalue weighted by Crippen LogP contribution is -2.16. The molecule has 10 heteroatoms. The second-order valence-electron chi connectivity index (χ2n) is 6.40. The van der Waals surface area contributed by atoms with Crippen LogP contribution in [0.2, 0.25) is 0 Å². The van der Waals surface area contributed by atoms with Gasteiger partial charge in [-0.3, -0.25) is 10.2 Å². The summed E-state index contributed by atoms with van der Waals surface area (Å²) in [7, 11) is 1.52. The van der Waals surface area contributed by atoms with Crippen LogP contribution in [0.3, 0.4) is 0 Å². The Morgan fingerprint density at radius 2 is 1.87 bits per heavy atom. The van der Waals surface area contributed by atoms with Crippen LogP contribution in [0.4, 0.5) is 23.2 Å². The molecule has 0 bridgehead atoms. The molecular weight excluding hydrogens is 498 g/mol. The lowest BCUT2D eigenvalue weighted by atomic mass is 9.97. The molecule has 2 N–H and O–H groups in total. The second-order valence-corrected chi connectivity index (χ2v) is 8.27. The van der Waals surface area contributed by atoms with Gasteiger partial charge >= 0.3 is 0 Å². The molecule has 1 heterocycles. The van der Waals surface area contributed by atoms with E-state index >= 15 is 4.39 Å². The van der Waals surface area contributed by atoms with Crippen molar-refractivity contribution in [2.24, 2.45) is 0 Å². The van der Waals surface area contributed by atoms with E-state index in [9.17, 15) is 18.0 Å². The average molecular weight is 512 g/mol. The molecule has 0 fully saturated rings. The summed E-state index contributed by atoms with van der Waals surface area (Å²) in [6, 6.07) is 4.69. The number of nitrogens with one attached hydrogen (secondary N) is 2. The molecule has 3 rings (SSSR count). The highest BCUT2D eigenvalue weighted by Crippen LogP contribution is 2.32. The zero-order valence-electron chi connectivity index (χ0n) is 15.9. The van der Waals surface area contributed by atoms with Crippen molar-refractivity contribution in [2.45, 2.75) is 4.90 Å². The number of hydrogen-bond donors (Lipinski definition) is 2. The average Bonchev–Trinajstić information content (AvgIpc) is 2.97. The van der Waals surface area contributed by atoms with E-state index < -0.39 is 34.6 Å². The third-order valence-corrected chi connectivity index (χ3v) is 5.33. The standard InChI is InChI=1S/C21H14BrF4N3OS/c1-10(22)7-12-13(9-29(2)21(12)27)20(30)18-15(25)5-6-16(19(18)26)28-31-17-8-11(23)3-4-14(17)24/h3-9,27-28H,1H2,2H3/b12-7-,27-21?. The van der Waals surface area contributed by atoms with Gasteiger partial charge in [-0.05, 0) is 48.4 Å². The minimum absolute atomic E-state index is 0.0452. The zero-order chi connectivity index (χ0) is 22.9. The van der Waals surface area contributed by atoms with E-state index in [2.05, 4.69) is 27.2 Å². The molecular formula is C21H14BrF4N3OS. The Kier molecular flexibility index (Phi) is 6.71. The fourth-order valence-corrected chi connectivity index (χ4v) is 3.71. The molecule has 31 heavy (non-hydrogen) atoms. The quantitative estimate of drug-likeness (QED) is 0.276. The summed E-state index contributed by atoms with van der Waals surface area (Å²) in [6.07, 6.45) is 2.69. The van der Waals surface area contributed by atoms with Crippen molar-refractivity contribution in [3.8, 4) is 0 Å². The number of amidine groups is 1. The lowest BCUT2D eigenvalue weighted by molar-refractivity contribution is 0.102. The highest BCUT2D eigenvalue weighted by atomic mass is 79.9. The largest absolute Gasteiger partial charge is 0.335 e. The van der Waals surface area contributed by atoms with Gasteiger partial charge in [0.25, 0.3) is 0 Å². The number of hydrogen-bond acceptors (Lipinski definition) is 4. The summed E-state index contributed by atoms with van der Waals surface area (Å²) < 4.78 is 59.5. The normalized spacial score (nSPS) is 14.8. The number of Topliss-reactive ketones (excluding diaryl/α,β-unsaturated/α-hetero) is 1. The third kappa shape index (κ3) is 4.75. The number of halogens is 5. The van der Waals surface area contributed by atoms with Crippen molar-refractivity contribution in [1.29, 1.82) is 5.41 Å². The summed E-state index contributed by atoms with van der Waals surface area (Å²) in [5, 5.41) is 8.06. The number of allylic oxidation sites excluding steroid dienone is 2. The van der Waals surface area contributed by atoms with Gasteiger partial charge in [0.1, 0.15) is 23.3 Å². The van der Waals surface area contributed by atoms with Gasteiger partial charge in [0.15, 0.2) is 5.82 Å². The van der Waals surface area contributed by atoms with Crippen molar-refractivity contribution >= 4 is 45.2 Å². The molecule has 2 aromatic carbocycles. The Hall–Kier alpha value is -2.85. The smallest absolute Gasteiger partial charge is 0.201 e. The maximum atomic E-state index is 15.1. The molecule has 2 aromatic rings. The van der Waals surface area contributed by atoms with Crippen LogP contribution in [-0.2, 0) is 0 Å². The van der Waals surface area contributed by atoms with Crippen LogP contribution in [0.15, 0.2) is 69.7 Å². The monoisotopic (exact) mass is 511 g/mol. The summed E-state index contributed by atoms with van der Waals surface area (Å²) >= 11 is 3.69. The molecule has 0 saturated carbocycles. The van der Waals surface area contributed by atoms with Crippen LogP contribution < -0.4 is 4.72 Å². The van der Waals surface area contributed by atoms with Gasteiger partial charge in [-0.2, -0.15) is 0 Å². The van der Waals surface area contributed by atoms with Gasteiger partial charge in [0.05, 0.1) is 16.1 Å². The van der Waals surface area contributed by atoms with Crippen molar-refractivity contribution in [1.82, 2.24) is 4.90 Å². The maximum absolute atomic E-state index is 15.1. The van der Waals surface area contributed by atoms with Crippen LogP contribution in [-0.4, -0.2) is 23.6 Å². The van der Waals surface area contributed by atoms with Gasteiger partial charge in [0, 0.05) is 28.9 Å². The van der Waals surface area contributed by atoms with Crippen molar-refractivity contribution < 1.29 is 22.4 Å². The van der Waals surface area contributed by atoms with Crippen molar-refractivity contribution in [3.05, 3.63) is 93.6 Å². The molecule has 0 saturated heterocycles. The molecule has 4 nitrogen and oxygen atoms in total. The fourth-order valence-electron chi connectivity index (χ4n) is 2.77. The third-order valence-electron chi connectivity index (χ3n) is 4.25. The Morgan fingerprint density at radius 3 is 2.55 bits per heavy atom. The Labute approximate surface area is 188 Å². The van der Waals surface area contributed by atoms with Crippen molar-refractivity contribution in [3.63, 3.8) is 0 Å². The number of nitrogens with zero attached hydrogens (tertiary/aromatic N) is 1. The lowest BCUT2D eigenvalue weighted by Gasteiger charge is -2.12. The van der Waals surface area contributed by atoms with E-state index in [0.29, 0.717) is 16.4 Å². The Morgan fingerprint density at radius 1 is 1.19 bits per heavy atom. The minimum Gasteiger partial charge on any atom is -0.335 e. The van der Waals surface area contributed by atoms with E-state index in [1.54, 1.807) is 0 Å². The first-order valence-electron chi connectivity index (χ1n) is 8.60. The van der Waals surface area contributed by atoms with Crippen LogP contribution in [0.5, 0.6) is 0 Å². The van der Waals surface area contributed by atoms with Gasteiger partial charge in [-0.25, -0.2) is 17.6 Å². The molecule has 0 radical (unpaired) electrons. The van der Waals surface area contributed by atoms with E-state index in [1.165, 1.54) is 24.2 Å². The summed E-state index contributed by atoms with van der Waals surface area (Å²) in [6.45, 7) is 3.63. The van der Waals surface area contributed by atoms with Gasteiger partial charge in [0.2, 0.25) is 5.78 Å². The first kappa shape index (κ1) is 22.8. The van der Waals surface area contributed by atoms with Gasteiger partial charge in [-0.15, -0.1) is 0 Å². The van der Waals surface area contributed by atoms with Gasteiger partial charge < -0.3 is 9.62 Å². The molecule has 0 unspecified atom stereocenters. The molecule has 0 atom stereocenters. The molecule has 1 aliphatic rings. The number of carbonyl (C=O) groups excluding carboxylic acids is 1. The number of rotatable bonds is 6.